The number of rotatable bonds is 4. The summed E-state index contributed by atoms with van der Waals surface area (Å²) in [5.74, 6) is 0.467. The Bertz CT molecular complexity index is 884. The molecule has 0 aromatic heterocycles. The summed E-state index contributed by atoms with van der Waals surface area (Å²) in [4.78, 5) is 15.8. The number of amides is 1. The van der Waals surface area contributed by atoms with Gasteiger partial charge in [0.2, 0.25) is 6.19 Å². The molecule has 1 aliphatic heterocycles. The van der Waals surface area contributed by atoms with Crippen LogP contribution in [0, 0.1) is 11.5 Å². The zero-order valence-electron chi connectivity index (χ0n) is 12.9. The number of halogens is 1. The first-order valence-corrected chi connectivity index (χ1v) is 8.48. The predicted molar refractivity (Wildman–Crippen MR) is 99.0 cm³/mol. The van der Waals surface area contributed by atoms with E-state index in [9.17, 15) is 4.79 Å². The van der Waals surface area contributed by atoms with Gasteiger partial charge in [0.15, 0.2) is 5.17 Å². The Morgan fingerprint density at radius 2 is 1.92 bits per heavy atom. The molecule has 0 aliphatic carbocycles. The van der Waals surface area contributed by atoms with Gasteiger partial charge >= 0.3 is 0 Å². The van der Waals surface area contributed by atoms with Crippen molar-refractivity contribution in [3.8, 4) is 11.9 Å². The lowest BCUT2D eigenvalue weighted by Crippen LogP contribution is -2.19. The van der Waals surface area contributed by atoms with Crippen molar-refractivity contribution in [2.45, 2.75) is 6.61 Å². The highest BCUT2D eigenvalue weighted by atomic mass is 35.5. The van der Waals surface area contributed by atoms with E-state index in [2.05, 4.69) is 10.3 Å². The molecular formula is C18H12ClN3O2S. The van der Waals surface area contributed by atoms with Crippen LogP contribution in [0.15, 0.2) is 58.4 Å². The number of thioether (sulfide) groups is 1. The molecule has 5 nitrogen and oxygen atoms in total. The monoisotopic (exact) mass is 369 g/mol. The van der Waals surface area contributed by atoms with Crippen molar-refractivity contribution in [3.63, 3.8) is 0 Å². The van der Waals surface area contributed by atoms with E-state index < -0.39 is 0 Å². The summed E-state index contributed by atoms with van der Waals surface area (Å²) in [5.41, 5.74) is 1.88. The summed E-state index contributed by atoms with van der Waals surface area (Å²) < 4.78 is 5.72. The third kappa shape index (κ3) is 4.63. The fourth-order valence-electron chi connectivity index (χ4n) is 2.08. The second-order valence-corrected chi connectivity index (χ2v) is 6.53. The van der Waals surface area contributed by atoms with Crippen molar-refractivity contribution in [1.82, 2.24) is 5.32 Å². The highest BCUT2D eigenvalue weighted by Crippen LogP contribution is 2.26. The molecule has 0 bridgehead atoms. The van der Waals surface area contributed by atoms with Crippen molar-refractivity contribution in [2.24, 2.45) is 4.99 Å². The normalized spacial score (nSPS) is 16.7. The van der Waals surface area contributed by atoms with Gasteiger partial charge in [0, 0.05) is 5.02 Å². The maximum Gasteiger partial charge on any atom is 0.264 e. The molecule has 1 fully saturated rings. The van der Waals surface area contributed by atoms with Gasteiger partial charge in [0.05, 0.1) is 4.91 Å². The van der Waals surface area contributed by atoms with Gasteiger partial charge in [0.1, 0.15) is 12.4 Å². The number of ether oxygens (including phenoxy) is 1. The third-order valence-corrected chi connectivity index (χ3v) is 4.46. The highest BCUT2D eigenvalue weighted by molar-refractivity contribution is 8.18. The number of nitriles is 1. The summed E-state index contributed by atoms with van der Waals surface area (Å²) in [6, 6.07) is 14.9. The SMILES string of the molecule is N#CN=C1NC(=O)C(=Cc2ccc(OCc3ccc(Cl)cc3)cc2)S1. The number of carbonyl (C=O) groups is 1. The van der Waals surface area contributed by atoms with Crippen LogP contribution in [0.2, 0.25) is 5.02 Å². The lowest BCUT2D eigenvalue weighted by Gasteiger charge is -2.06. The number of hydrogen-bond donors (Lipinski definition) is 1. The van der Waals surface area contributed by atoms with E-state index in [0.29, 0.717) is 21.7 Å². The van der Waals surface area contributed by atoms with Crippen LogP contribution in [0.3, 0.4) is 0 Å². The molecule has 25 heavy (non-hydrogen) atoms. The van der Waals surface area contributed by atoms with Gasteiger partial charge in [-0.2, -0.15) is 5.26 Å². The minimum Gasteiger partial charge on any atom is -0.489 e. The zero-order valence-corrected chi connectivity index (χ0v) is 14.5. The lowest BCUT2D eigenvalue weighted by molar-refractivity contribution is -0.115. The van der Waals surface area contributed by atoms with Crippen LogP contribution in [-0.4, -0.2) is 11.1 Å². The van der Waals surface area contributed by atoms with Crippen LogP contribution in [0.1, 0.15) is 11.1 Å². The Kier molecular flexibility index (Phi) is 5.39. The molecule has 0 spiro atoms. The van der Waals surface area contributed by atoms with Crippen LogP contribution < -0.4 is 10.1 Å². The highest BCUT2D eigenvalue weighted by Gasteiger charge is 2.23. The molecule has 0 unspecified atom stereocenters. The van der Waals surface area contributed by atoms with Crippen molar-refractivity contribution in [1.29, 1.82) is 5.26 Å². The van der Waals surface area contributed by atoms with E-state index in [4.69, 9.17) is 21.6 Å². The van der Waals surface area contributed by atoms with Gasteiger partial charge in [-0.15, -0.1) is 4.99 Å². The molecule has 2 aromatic carbocycles. The quantitative estimate of drug-likeness (QED) is 0.653. The Balaban J connectivity index is 1.63. The van der Waals surface area contributed by atoms with Gasteiger partial charge in [-0.05, 0) is 53.2 Å². The summed E-state index contributed by atoms with van der Waals surface area (Å²) >= 11 is 6.99. The van der Waals surface area contributed by atoms with Gasteiger partial charge in [-0.1, -0.05) is 35.9 Å². The number of hydrogen-bond acceptors (Lipinski definition) is 5. The average molecular weight is 370 g/mol. The Hall–Kier alpha value is -2.75. The number of benzene rings is 2. The second-order valence-electron chi connectivity index (χ2n) is 5.07. The van der Waals surface area contributed by atoms with E-state index in [0.717, 1.165) is 28.6 Å². The first-order valence-electron chi connectivity index (χ1n) is 7.29. The van der Waals surface area contributed by atoms with Gasteiger partial charge in [0.25, 0.3) is 5.91 Å². The van der Waals surface area contributed by atoms with E-state index in [1.807, 2.05) is 48.5 Å². The van der Waals surface area contributed by atoms with Crippen molar-refractivity contribution >= 4 is 40.5 Å². The minimum atomic E-state index is -0.262. The van der Waals surface area contributed by atoms with Gasteiger partial charge in [-0.3, -0.25) is 10.1 Å². The lowest BCUT2D eigenvalue weighted by atomic mass is 10.2. The molecule has 1 saturated heterocycles. The summed E-state index contributed by atoms with van der Waals surface area (Å²) in [6.45, 7) is 0.448. The first kappa shape index (κ1) is 17.1. The Labute approximate surface area is 154 Å². The van der Waals surface area contributed by atoms with Crippen molar-refractivity contribution < 1.29 is 9.53 Å². The molecule has 0 radical (unpaired) electrons. The van der Waals surface area contributed by atoms with Crippen molar-refractivity contribution in [2.75, 3.05) is 0 Å². The van der Waals surface area contributed by atoms with E-state index in [-0.39, 0.29) is 5.91 Å². The molecular weight excluding hydrogens is 358 g/mol. The summed E-state index contributed by atoms with van der Waals surface area (Å²) in [6.07, 6.45) is 3.39. The van der Waals surface area contributed by atoms with E-state index >= 15 is 0 Å². The third-order valence-electron chi connectivity index (χ3n) is 3.30. The second kappa shape index (κ2) is 7.88. The molecule has 2 aromatic rings. The standard InChI is InChI=1S/C18H12ClN3O2S/c19-14-5-1-13(2-6-14)10-24-15-7-3-12(4-8-15)9-16-17(23)22-18(25-16)21-11-20/h1-9H,10H2,(H,21,22,23). The number of nitrogens with one attached hydrogen (secondary N) is 1. The van der Waals surface area contributed by atoms with Crippen LogP contribution >= 0.6 is 23.4 Å². The molecule has 0 atom stereocenters. The van der Waals surface area contributed by atoms with E-state index in [1.54, 1.807) is 12.3 Å². The number of carbonyl (C=O) groups excluding carboxylic acids is 1. The van der Waals surface area contributed by atoms with Gasteiger partial charge in [-0.25, -0.2) is 0 Å². The van der Waals surface area contributed by atoms with Crippen LogP contribution in [-0.2, 0) is 11.4 Å². The number of amidine groups is 1. The fourth-order valence-corrected chi connectivity index (χ4v) is 2.99. The molecule has 1 N–H and O–H groups in total. The predicted octanol–water partition coefficient (Wildman–Crippen LogP) is 3.96. The number of nitrogens with zero attached hydrogens (tertiary/aromatic N) is 2. The van der Waals surface area contributed by atoms with Crippen LogP contribution in [0.5, 0.6) is 5.75 Å². The molecule has 124 valence electrons. The molecule has 3 rings (SSSR count). The molecule has 7 heteroatoms. The van der Waals surface area contributed by atoms with Crippen LogP contribution in [0.4, 0.5) is 0 Å². The molecule has 0 saturated carbocycles. The number of aliphatic imine (C=N–C) groups is 1. The van der Waals surface area contributed by atoms with Crippen molar-refractivity contribution in [3.05, 3.63) is 69.6 Å². The average Bonchev–Trinajstić information content (AvgIpc) is 2.95. The summed E-state index contributed by atoms with van der Waals surface area (Å²) in [5, 5.41) is 12.0. The smallest absolute Gasteiger partial charge is 0.264 e. The molecule has 1 aliphatic rings. The fraction of sp³-hybridized carbons (Fsp3) is 0.0556. The molecule has 1 heterocycles. The maximum atomic E-state index is 11.8. The Morgan fingerprint density at radius 3 is 2.60 bits per heavy atom. The molecule has 1 amide bonds. The van der Waals surface area contributed by atoms with E-state index in [1.165, 1.54) is 0 Å². The minimum absolute atomic E-state index is 0.262. The largest absolute Gasteiger partial charge is 0.489 e. The maximum absolute atomic E-state index is 11.8. The summed E-state index contributed by atoms with van der Waals surface area (Å²) in [7, 11) is 0. The first-order chi connectivity index (χ1) is 12.1. The topological polar surface area (TPSA) is 74.5 Å². The zero-order chi connectivity index (χ0) is 17.6. The van der Waals surface area contributed by atoms with Gasteiger partial charge < -0.3 is 4.74 Å². The van der Waals surface area contributed by atoms with Crippen LogP contribution in [0.25, 0.3) is 6.08 Å². The Morgan fingerprint density at radius 1 is 1.20 bits per heavy atom.